The fourth-order valence-electron chi connectivity index (χ4n) is 1.57. The number of fused-ring (bicyclic) bond motifs is 1. The first-order valence-electron chi connectivity index (χ1n) is 4.32. The number of aromatic nitrogens is 1. The molecular weight excluding hydrogens is 158 g/mol. The number of nitrogens with one attached hydrogen (secondary N) is 1. The second-order valence-corrected chi connectivity index (χ2v) is 3.11. The van der Waals surface area contributed by atoms with E-state index in [0.717, 1.165) is 5.56 Å². The van der Waals surface area contributed by atoms with Gasteiger partial charge in [-0.3, -0.25) is 0 Å². The number of hydrogen-bond acceptors (Lipinski definition) is 0. The van der Waals surface area contributed by atoms with Crippen LogP contribution in [0.1, 0.15) is 18.1 Å². The van der Waals surface area contributed by atoms with E-state index in [1.807, 2.05) is 13.1 Å². The summed E-state index contributed by atoms with van der Waals surface area (Å²) in [5.41, 5.74) is 3.55. The van der Waals surface area contributed by atoms with Crippen LogP contribution in [0.5, 0.6) is 0 Å². The van der Waals surface area contributed by atoms with Gasteiger partial charge in [0.05, 0.1) is 0 Å². The molecule has 0 bridgehead atoms. The van der Waals surface area contributed by atoms with Crippen LogP contribution in [0.15, 0.2) is 24.4 Å². The molecule has 0 atom stereocenters. The van der Waals surface area contributed by atoms with Gasteiger partial charge in [0.15, 0.2) is 0 Å². The van der Waals surface area contributed by atoms with Gasteiger partial charge in [-0.15, -0.1) is 5.92 Å². The molecule has 2 aromatic rings. The first-order chi connectivity index (χ1) is 6.31. The quantitative estimate of drug-likeness (QED) is 0.584. The Labute approximate surface area is 77.8 Å². The summed E-state index contributed by atoms with van der Waals surface area (Å²) >= 11 is 0. The molecule has 0 fully saturated rings. The monoisotopic (exact) mass is 169 g/mol. The molecule has 0 saturated heterocycles. The van der Waals surface area contributed by atoms with E-state index < -0.39 is 0 Å². The van der Waals surface area contributed by atoms with Gasteiger partial charge in [0.1, 0.15) is 0 Å². The van der Waals surface area contributed by atoms with E-state index in [4.69, 9.17) is 0 Å². The molecule has 13 heavy (non-hydrogen) atoms. The highest BCUT2D eigenvalue weighted by Gasteiger charge is 1.99. The zero-order chi connectivity index (χ0) is 9.26. The van der Waals surface area contributed by atoms with Gasteiger partial charge >= 0.3 is 0 Å². The average molecular weight is 169 g/mol. The van der Waals surface area contributed by atoms with E-state index in [2.05, 4.69) is 41.9 Å². The Hall–Kier alpha value is -1.68. The first-order valence-corrected chi connectivity index (χ1v) is 4.32. The number of aryl methyl sites for hydroxylation is 1. The number of benzene rings is 1. The van der Waals surface area contributed by atoms with Crippen molar-refractivity contribution in [2.24, 2.45) is 0 Å². The molecule has 1 aromatic heterocycles. The number of hydrogen-bond donors (Lipinski definition) is 1. The van der Waals surface area contributed by atoms with Gasteiger partial charge in [-0.2, -0.15) is 0 Å². The van der Waals surface area contributed by atoms with Crippen LogP contribution < -0.4 is 0 Å². The van der Waals surface area contributed by atoms with Crippen molar-refractivity contribution >= 4 is 10.9 Å². The molecule has 1 aromatic carbocycles. The lowest BCUT2D eigenvalue weighted by molar-refractivity contribution is 1.41. The second-order valence-electron chi connectivity index (χ2n) is 3.11. The van der Waals surface area contributed by atoms with Crippen molar-refractivity contribution in [1.29, 1.82) is 0 Å². The Morgan fingerprint density at radius 2 is 2.15 bits per heavy atom. The molecule has 0 aliphatic rings. The van der Waals surface area contributed by atoms with E-state index in [-0.39, 0.29) is 0 Å². The van der Waals surface area contributed by atoms with E-state index in [9.17, 15) is 0 Å². The van der Waals surface area contributed by atoms with Gasteiger partial charge in [-0.25, -0.2) is 0 Å². The third-order valence-corrected chi connectivity index (χ3v) is 2.13. The van der Waals surface area contributed by atoms with E-state index in [1.165, 1.54) is 16.5 Å². The van der Waals surface area contributed by atoms with E-state index >= 15 is 0 Å². The molecule has 2 rings (SSSR count). The smallest absolute Gasteiger partial charge is 0.0484 e. The standard InChI is InChI=1S/C12H11N/c1-3-4-10-7-9(2)12-11(8-10)5-6-13-12/h5-8,13H,1-2H3. The summed E-state index contributed by atoms with van der Waals surface area (Å²) in [6, 6.07) is 6.29. The normalized spacial score (nSPS) is 9.69. The third kappa shape index (κ3) is 1.31. The van der Waals surface area contributed by atoms with Crippen LogP contribution in [0.3, 0.4) is 0 Å². The Morgan fingerprint density at radius 1 is 1.31 bits per heavy atom. The fraction of sp³-hybridized carbons (Fsp3) is 0.167. The zero-order valence-corrected chi connectivity index (χ0v) is 7.81. The second kappa shape index (κ2) is 2.99. The molecule has 64 valence electrons. The highest BCUT2D eigenvalue weighted by Crippen LogP contribution is 2.18. The first kappa shape index (κ1) is 7.94. The van der Waals surface area contributed by atoms with Crippen LogP contribution in [-0.4, -0.2) is 4.98 Å². The van der Waals surface area contributed by atoms with Crippen molar-refractivity contribution in [3.05, 3.63) is 35.5 Å². The summed E-state index contributed by atoms with van der Waals surface area (Å²) in [6.45, 7) is 3.95. The summed E-state index contributed by atoms with van der Waals surface area (Å²) in [6.07, 6.45) is 1.96. The van der Waals surface area contributed by atoms with Crippen molar-refractivity contribution in [3.63, 3.8) is 0 Å². The number of rotatable bonds is 0. The maximum absolute atomic E-state index is 3.21. The maximum Gasteiger partial charge on any atom is 0.0484 e. The van der Waals surface area contributed by atoms with Crippen molar-refractivity contribution in [2.45, 2.75) is 13.8 Å². The molecule has 0 amide bonds. The molecule has 0 aliphatic heterocycles. The average Bonchev–Trinajstić information content (AvgIpc) is 2.53. The van der Waals surface area contributed by atoms with E-state index in [1.54, 1.807) is 0 Å². The Kier molecular flexibility index (Phi) is 1.83. The fourth-order valence-corrected chi connectivity index (χ4v) is 1.57. The molecule has 1 heterocycles. The zero-order valence-electron chi connectivity index (χ0n) is 7.81. The van der Waals surface area contributed by atoms with Gasteiger partial charge in [0.25, 0.3) is 0 Å². The molecule has 1 N–H and O–H groups in total. The third-order valence-electron chi connectivity index (χ3n) is 2.13. The van der Waals surface area contributed by atoms with Crippen LogP contribution in [0.4, 0.5) is 0 Å². The van der Waals surface area contributed by atoms with Gasteiger partial charge < -0.3 is 4.98 Å². The molecule has 1 nitrogen and oxygen atoms in total. The van der Waals surface area contributed by atoms with Crippen molar-refractivity contribution in [1.82, 2.24) is 4.98 Å². The van der Waals surface area contributed by atoms with Crippen molar-refractivity contribution < 1.29 is 0 Å². The lowest BCUT2D eigenvalue weighted by atomic mass is 10.1. The topological polar surface area (TPSA) is 15.8 Å². The van der Waals surface area contributed by atoms with Crippen LogP contribution >= 0.6 is 0 Å². The van der Waals surface area contributed by atoms with Crippen LogP contribution in [0.25, 0.3) is 10.9 Å². The molecule has 0 saturated carbocycles. The molecule has 0 radical (unpaired) electrons. The molecule has 1 heteroatoms. The van der Waals surface area contributed by atoms with Gasteiger partial charge in [0, 0.05) is 22.7 Å². The van der Waals surface area contributed by atoms with Gasteiger partial charge in [-0.1, -0.05) is 5.92 Å². The van der Waals surface area contributed by atoms with Gasteiger partial charge in [0.2, 0.25) is 0 Å². The number of H-pyrrole nitrogens is 1. The van der Waals surface area contributed by atoms with E-state index in [0.29, 0.717) is 0 Å². The van der Waals surface area contributed by atoms with Crippen LogP contribution in [-0.2, 0) is 0 Å². The van der Waals surface area contributed by atoms with Crippen LogP contribution in [0, 0.1) is 18.8 Å². The highest BCUT2D eigenvalue weighted by molar-refractivity contribution is 5.84. The molecule has 0 unspecified atom stereocenters. The molecule has 0 aliphatic carbocycles. The summed E-state index contributed by atoms with van der Waals surface area (Å²) in [5, 5.41) is 1.23. The Balaban J connectivity index is 2.74. The number of aromatic amines is 1. The summed E-state index contributed by atoms with van der Waals surface area (Å²) in [7, 11) is 0. The van der Waals surface area contributed by atoms with Crippen molar-refractivity contribution in [2.75, 3.05) is 0 Å². The SMILES string of the molecule is CC#Cc1cc(C)c2[nH]ccc2c1. The largest absolute Gasteiger partial charge is 0.361 e. The minimum atomic E-state index is 1.09. The lowest BCUT2D eigenvalue weighted by Gasteiger charge is -1.97. The predicted molar refractivity (Wildman–Crippen MR) is 55.6 cm³/mol. The summed E-state index contributed by atoms with van der Waals surface area (Å²) < 4.78 is 0. The minimum Gasteiger partial charge on any atom is -0.361 e. The molecular formula is C12H11N. The summed E-state index contributed by atoms with van der Waals surface area (Å²) in [4.78, 5) is 3.21. The lowest BCUT2D eigenvalue weighted by Crippen LogP contribution is -1.80. The minimum absolute atomic E-state index is 1.09. The summed E-state index contributed by atoms with van der Waals surface area (Å²) in [5.74, 6) is 5.97. The Morgan fingerprint density at radius 3 is 2.92 bits per heavy atom. The predicted octanol–water partition coefficient (Wildman–Crippen LogP) is 2.85. The van der Waals surface area contributed by atoms with Gasteiger partial charge in [-0.05, 0) is 37.6 Å². The molecule has 0 spiro atoms. The van der Waals surface area contributed by atoms with Crippen molar-refractivity contribution in [3.8, 4) is 11.8 Å². The highest BCUT2D eigenvalue weighted by atomic mass is 14.7. The maximum atomic E-state index is 3.21. The Bertz CT molecular complexity index is 495. The van der Waals surface area contributed by atoms with Crippen LogP contribution in [0.2, 0.25) is 0 Å².